The Morgan fingerprint density at radius 2 is 1.54 bits per heavy atom. The van der Waals surface area contributed by atoms with Crippen molar-refractivity contribution in [2.24, 2.45) is 0 Å². The fourth-order valence-electron chi connectivity index (χ4n) is 4.30. The Labute approximate surface area is 257 Å². The summed E-state index contributed by atoms with van der Waals surface area (Å²) in [4.78, 5) is 29.0. The highest BCUT2D eigenvalue weighted by Crippen LogP contribution is 2.31. The van der Waals surface area contributed by atoms with Crippen molar-refractivity contribution in [3.8, 4) is 0 Å². The average molecular weight is 639 g/mol. The Morgan fingerprint density at radius 3 is 2.12 bits per heavy atom. The number of rotatable bonds is 12. The molecule has 0 aromatic heterocycles. The number of hydrogen-bond donors (Lipinski definition) is 1. The van der Waals surface area contributed by atoms with Crippen LogP contribution in [0.2, 0.25) is 15.1 Å². The lowest BCUT2D eigenvalue weighted by Gasteiger charge is -2.34. The summed E-state index contributed by atoms with van der Waals surface area (Å²) >= 11 is 19.2. The van der Waals surface area contributed by atoms with Gasteiger partial charge in [0, 0.05) is 33.2 Å². The molecule has 11 heteroatoms. The van der Waals surface area contributed by atoms with E-state index in [4.69, 9.17) is 34.8 Å². The van der Waals surface area contributed by atoms with Crippen LogP contribution in [0.1, 0.15) is 44.7 Å². The van der Waals surface area contributed by atoms with Gasteiger partial charge in [-0.25, -0.2) is 8.42 Å². The van der Waals surface area contributed by atoms with Gasteiger partial charge in [0.2, 0.25) is 11.8 Å². The Bertz CT molecular complexity index is 1470. The Morgan fingerprint density at radius 1 is 0.902 bits per heavy atom. The average Bonchev–Trinajstić information content (AvgIpc) is 2.94. The minimum atomic E-state index is -4.21. The van der Waals surface area contributed by atoms with Gasteiger partial charge >= 0.3 is 0 Å². The van der Waals surface area contributed by atoms with Crippen LogP contribution in [0.15, 0.2) is 71.6 Å². The van der Waals surface area contributed by atoms with E-state index in [0.29, 0.717) is 32.6 Å². The number of benzene rings is 3. The number of amides is 2. The molecule has 0 saturated carbocycles. The molecule has 220 valence electrons. The smallest absolute Gasteiger partial charge is 0.264 e. The van der Waals surface area contributed by atoms with Crippen molar-refractivity contribution >= 4 is 62.3 Å². The standard InChI is InChI=1S/C30H34Cl3N3O4S/c1-5-21(4)34-30(38)27(6-2)35(18-24-25(32)13-10-14-26(24)33)29(37)19-36(28-17-22(31)16-15-20(28)3)41(39,40)23-11-8-7-9-12-23/h7-17,21,27H,5-6,18-19H2,1-4H3,(H,34,38)/t21-,27-/m0/s1. The van der Waals surface area contributed by atoms with Gasteiger partial charge in [0.1, 0.15) is 12.6 Å². The van der Waals surface area contributed by atoms with Gasteiger partial charge in [0.15, 0.2) is 0 Å². The van der Waals surface area contributed by atoms with Gasteiger partial charge in [-0.2, -0.15) is 0 Å². The molecular weight excluding hydrogens is 605 g/mol. The molecule has 2 atom stereocenters. The quantitative estimate of drug-likeness (QED) is 0.235. The number of nitrogens with zero attached hydrogens (tertiary/aromatic N) is 2. The second-order valence-corrected chi connectivity index (χ2v) is 12.8. The third-order valence-electron chi connectivity index (χ3n) is 6.83. The van der Waals surface area contributed by atoms with Crippen LogP contribution in [0, 0.1) is 6.92 Å². The van der Waals surface area contributed by atoms with Crippen LogP contribution in [0.5, 0.6) is 0 Å². The van der Waals surface area contributed by atoms with Crippen molar-refractivity contribution in [2.45, 2.75) is 64.1 Å². The van der Waals surface area contributed by atoms with E-state index in [2.05, 4.69) is 5.32 Å². The number of hydrogen-bond acceptors (Lipinski definition) is 4. The molecule has 7 nitrogen and oxygen atoms in total. The van der Waals surface area contributed by atoms with Gasteiger partial charge < -0.3 is 10.2 Å². The zero-order valence-electron chi connectivity index (χ0n) is 23.4. The lowest BCUT2D eigenvalue weighted by atomic mass is 10.1. The molecule has 3 aromatic rings. The van der Waals surface area contributed by atoms with Gasteiger partial charge in [-0.15, -0.1) is 0 Å². The molecule has 0 unspecified atom stereocenters. The predicted octanol–water partition coefficient (Wildman–Crippen LogP) is 6.87. The van der Waals surface area contributed by atoms with Crippen LogP contribution in [-0.2, 0) is 26.2 Å². The number of nitrogens with one attached hydrogen (secondary N) is 1. The van der Waals surface area contributed by atoms with E-state index in [1.165, 1.54) is 23.1 Å². The van der Waals surface area contributed by atoms with E-state index in [1.807, 2.05) is 13.8 Å². The highest BCUT2D eigenvalue weighted by molar-refractivity contribution is 7.92. The van der Waals surface area contributed by atoms with Crippen molar-refractivity contribution in [1.82, 2.24) is 10.2 Å². The van der Waals surface area contributed by atoms with E-state index >= 15 is 0 Å². The topological polar surface area (TPSA) is 86.8 Å². The van der Waals surface area contributed by atoms with Gasteiger partial charge in [0.25, 0.3) is 10.0 Å². The monoisotopic (exact) mass is 637 g/mol. The number of carbonyl (C=O) groups is 2. The maximum atomic E-state index is 14.2. The second kappa shape index (κ2) is 14.4. The highest BCUT2D eigenvalue weighted by Gasteiger charge is 2.35. The van der Waals surface area contributed by atoms with Crippen molar-refractivity contribution in [3.63, 3.8) is 0 Å². The zero-order valence-corrected chi connectivity index (χ0v) is 26.5. The van der Waals surface area contributed by atoms with Crippen LogP contribution in [-0.4, -0.2) is 43.8 Å². The summed E-state index contributed by atoms with van der Waals surface area (Å²) in [6.07, 6.45) is 0.974. The molecule has 0 aliphatic carbocycles. The molecule has 0 saturated heterocycles. The first-order valence-electron chi connectivity index (χ1n) is 13.3. The molecule has 0 spiro atoms. The van der Waals surface area contributed by atoms with E-state index in [1.54, 1.807) is 62.4 Å². The van der Waals surface area contributed by atoms with Crippen LogP contribution in [0.25, 0.3) is 0 Å². The third-order valence-corrected chi connectivity index (χ3v) is 9.54. The van der Waals surface area contributed by atoms with Gasteiger partial charge in [0.05, 0.1) is 10.6 Å². The molecule has 3 aromatic carbocycles. The summed E-state index contributed by atoms with van der Waals surface area (Å²) in [5, 5.41) is 3.90. The summed E-state index contributed by atoms with van der Waals surface area (Å²) in [5.41, 5.74) is 1.31. The molecule has 0 bridgehead atoms. The number of anilines is 1. The Kier molecular flexibility index (Phi) is 11.5. The summed E-state index contributed by atoms with van der Waals surface area (Å²) in [7, 11) is -4.21. The summed E-state index contributed by atoms with van der Waals surface area (Å²) in [6.45, 7) is 6.65. The van der Waals surface area contributed by atoms with Crippen molar-refractivity contribution < 1.29 is 18.0 Å². The largest absolute Gasteiger partial charge is 0.352 e. The first-order chi connectivity index (χ1) is 19.4. The molecule has 0 aliphatic heterocycles. The van der Waals surface area contributed by atoms with Gasteiger partial charge in [-0.05, 0) is 68.7 Å². The minimum absolute atomic E-state index is 0.00873. The normalized spacial score (nSPS) is 12.9. The Hall–Kier alpha value is -2.78. The number of halogens is 3. The third kappa shape index (κ3) is 7.95. The maximum Gasteiger partial charge on any atom is 0.264 e. The molecular formula is C30H34Cl3N3O4S. The van der Waals surface area contributed by atoms with E-state index in [9.17, 15) is 18.0 Å². The fourth-order valence-corrected chi connectivity index (χ4v) is 6.47. The van der Waals surface area contributed by atoms with Gasteiger partial charge in [-0.3, -0.25) is 13.9 Å². The molecule has 2 amide bonds. The van der Waals surface area contributed by atoms with Crippen molar-refractivity contribution in [1.29, 1.82) is 0 Å². The predicted molar refractivity (Wildman–Crippen MR) is 166 cm³/mol. The first-order valence-corrected chi connectivity index (χ1v) is 15.8. The van der Waals surface area contributed by atoms with E-state index in [0.717, 1.165) is 4.31 Å². The van der Waals surface area contributed by atoms with Crippen molar-refractivity contribution in [3.05, 3.63) is 92.9 Å². The van der Waals surface area contributed by atoms with Crippen LogP contribution in [0.4, 0.5) is 5.69 Å². The number of sulfonamides is 1. The molecule has 0 heterocycles. The van der Waals surface area contributed by atoms with E-state index < -0.39 is 28.5 Å². The van der Waals surface area contributed by atoms with Crippen molar-refractivity contribution in [2.75, 3.05) is 10.8 Å². The first kappa shape index (κ1) is 32.7. The lowest BCUT2D eigenvalue weighted by Crippen LogP contribution is -2.53. The lowest BCUT2D eigenvalue weighted by molar-refractivity contribution is -0.140. The molecule has 41 heavy (non-hydrogen) atoms. The molecule has 0 radical (unpaired) electrons. The maximum absolute atomic E-state index is 14.2. The summed E-state index contributed by atoms with van der Waals surface area (Å²) in [6, 6.07) is 16.6. The number of carbonyl (C=O) groups excluding carboxylic acids is 2. The van der Waals surface area contributed by atoms with Crippen LogP contribution < -0.4 is 9.62 Å². The zero-order chi connectivity index (χ0) is 30.3. The van der Waals surface area contributed by atoms with Crippen LogP contribution >= 0.6 is 34.8 Å². The summed E-state index contributed by atoms with van der Waals surface area (Å²) < 4.78 is 29.0. The fraction of sp³-hybridized carbons (Fsp3) is 0.333. The SMILES string of the molecule is CC[C@H](C)NC(=O)[C@H](CC)N(Cc1c(Cl)cccc1Cl)C(=O)CN(c1cc(Cl)ccc1C)S(=O)(=O)c1ccccc1. The van der Waals surface area contributed by atoms with E-state index in [-0.39, 0.29) is 35.5 Å². The Balaban J connectivity index is 2.13. The second-order valence-electron chi connectivity index (χ2n) is 9.72. The molecule has 0 aliphatic rings. The number of aryl methyl sites for hydroxylation is 1. The highest BCUT2D eigenvalue weighted by atomic mass is 35.5. The molecule has 1 N–H and O–H groups in total. The minimum Gasteiger partial charge on any atom is -0.352 e. The molecule has 3 rings (SSSR count). The molecule has 0 fully saturated rings. The summed E-state index contributed by atoms with van der Waals surface area (Å²) in [5.74, 6) is -0.958. The van der Waals surface area contributed by atoms with Gasteiger partial charge in [-0.1, -0.05) is 79.0 Å². The van der Waals surface area contributed by atoms with Crippen LogP contribution in [0.3, 0.4) is 0 Å².